The Labute approximate surface area is 111 Å². The van der Waals surface area contributed by atoms with E-state index in [0.717, 1.165) is 14.2 Å². The fourth-order valence-electron chi connectivity index (χ4n) is 0.642. The Morgan fingerprint density at radius 1 is 0.600 bits per heavy atom. The summed E-state index contributed by atoms with van der Waals surface area (Å²) in [6.45, 7) is 0. The van der Waals surface area contributed by atoms with E-state index in [4.69, 9.17) is 10.2 Å². The number of aliphatic hydroxyl groups excluding tert-OH is 2. The molecule has 0 heterocycles. The molecule has 0 radical (unpaired) electrons. The van der Waals surface area contributed by atoms with Gasteiger partial charge in [-0.1, -0.05) is 0 Å². The zero-order valence-electron chi connectivity index (χ0n) is 9.17. The number of hydrogen-bond acceptors (Lipinski definition) is 2. The van der Waals surface area contributed by atoms with Crippen LogP contribution in [0.15, 0.2) is 60.7 Å². The Morgan fingerprint density at radius 2 is 0.800 bits per heavy atom. The van der Waals surface area contributed by atoms with Gasteiger partial charge in [0.2, 0.25) is 0 Å². The van der Waals surface area contributed by atoms with Crippen molar-refractivity contribution in [3.05, 3.63) is 60.7 Å². The maximum Gasteiger partial charge on any atom is 0.0319 e. The van der Waals surface area contributed by atoms with Crippen molar-refractivity contribution in [1.82, 2.24) is 0 Å². The van der Waals surface area contributed by atoms with Gasteiger partial charge in [-0.05, 0) is 0 Å². The van der Waals surface area contributed by atoms with Gasteiger partial charge in [0.1, 0.15) is 0 Å². The van der Waals surface area contributed by atoms with Gasteiger partial charge >= 0.3 is 0 Å². The van der Waals surface area contributed by atoms with E-state index in [1.54, 1.807) is 0 Å². The second-order valence-electron chi connectivity index (χ2n) is 1.92. The van der Waals surface area contributed by atoms with Crippen LogP contribution in [-0.2, 0) is 25.8 Å². The molecule has 15 heavy (non-hydrogen) atoms. The van der Waals surface area contributed by atoms with Crippen LogP contribution in [0.3, 0.4) is 0 Å². The van der Waals surface area contributed by atoms with Crippen molar-refractivity contribution in [3.8, 4) is 0 Å². The van der Waals surface area contributed by atoms with E-state index in [9.17, 15) is 0 Å². The number of aliphatic hydroxyl groups is 2. The van der Waals surface area contributed by atoms with Crippen molar-refractivity contribution < 1.29 is 36.1 Å². The van der Waals surface area contributed by atoms with E-state index in [0.29, 0.717) is 0 Å². The molecule has 0 saturated carbocycles. The van der Waals surface area contributed by atoms with Crippen LogP contribution < -0.4 is 0 Å². The van der Waals surface area contributed by atoms with Crippen LogP contribution >= 0.6 is 0 Å². The minimum Gasteiger partial charge on any atom is -0.400 e. The maximum atomic E-state index is 7.00. The molecular formula is C12H18HfO2-2. The normalized spacial score (nSPS) is 6.13. The monoisotopic (exact) mass is 374 g/mol. The second kappa shape index (κ2) is 23.4. The third-order valence-electron chi connectivity index (χ3n) is 1.11. The first-order chi connectivity index (χ1) is 7.00. The summed E-state index contributed by atoms with van der Waals surface area (Å²) in [5.41, 5.74) is 0. The fourth-order valence-corrected chi connectivity index (χ4v) is 0.642. The van der Waals surface area contributed by atoms with Gasteiger partial charge in [0.15, 0.2) is 0 Å². The van der Waals surface area contributed by atoms with Gasteiger partial charge in [-0.15, -0.1) is 0 Å². The molecule has 2 rings (SSSR count). The minimum atomic E-state index is 0. The van der Waals surface area contributed by atoms with Crippen molar-refractivity contribution in [2.45, 2.75) is 0 Å². The Bertz CT molecular complexity index is 153. The first-order valence-electron chi connectivity index (χ1n) is 4.23. The Kier molecular flexibility index (Phi) is 31.1. The van der Waals surface area contributed by atoms with Gasteiger partial charge in [0.25, 0.3) is 0 Å². The first kappa shape index (κ1) is 20.0. The molecule has 2 nitrogen and oxygen atoms in total. The third-order valence-corrected chi connectivity index (χ3v) is 1.11. The first-order valence-corrected chi connectivity index (χ1v) is 4.23. The molecule has 2 aromatic rings. The smallest absolute Gasteiger partial charge is 0.0319 e. The van der Waals surface area contributed by atoms with Gasteiger partial charge in [0, 0.05) is 40.1 Å². The molecule has 0 fully saturated rings. The van der Waals surface area contributed by atoms with Crippen molar-refractivity contribution in [2.75, 3.05) is 14.2 Å². The van der Waals surface area contributed by atoms with Crippen LogP contribution in [0.25, 0.3) is 0 Å². The second-order valence-corrected chi connectivity index (χ2v) is 1.92. The summed E-state index contributed by atoms with van der Waals surface area (Å²) in [6.07, 6.45) is 0. The molecule has 0 aliphatic heterocycles. The van der Waals surface area contributed by atoms with Gasteiger partial charge < -0.3 is 10.2 Å². The van der Waals surface area contributed by atoms with Crippen LogP contribution in [-0.4, -0.2) is 24.4 Å². The van der Waals surface area contributed by atoms with E-state index in [2.05, 4.69) is 0 Å². The van der Waals surface area contributed by atoms with Crippen LogP contribution in [0, 0.1) is 0 Å². The molecule has 0 aliphatic carbocycles. The molecule has 0 amide bonds. The number of hydrogen-bond donors (Lipinski definition) is 2. The average Bonchev–Trinajstić information content (AvgIpc) is 3.01. The standard InChI is InChI=1S/2C5H5.2CH4O.Hf/c2*1-2-4-5-3-1;2*1-2;/h2*1-5H;2*2H,1H3;/q2*-1;;;. The van der Waals surface area contributed by atoms with E-state index >= 15 is 0 Å². The Balaban J connectivity index is -0.000000138. The Hall–Kier alpha value is -0.510. The van der Waals surface area contributed by atoms with E-state index in [-0.39, 0.29) is 25.8 Å². The molecule has 2 N–H and O–H groups in total. The van der Waals surface area contributed by atoms with Crippen LogP contribution in [0.1, 0.15) is 0 Å². The molecule has 0 unspecified atom stereocenters. The molecule has 0 bridgehead atoms. The molecule has 0 spiro atoms. The fraction of sp³-hybridized carbons (Fsp3) is 0.167. The summed E-state index contributed by atoms with van der Waals surface area (Å²) in [5.74, 6) is 0. The number of rotatable bonds is 0. The van der Waals surface area contributed by atoms with Crippen molar-refractivity contribution >= 4 is 0 Å². The van der Waals surface area contributed by atoms with Crippen LogP contribution in [0.4, 0.5) is 0 Å². The van der Waals surface area contributed by atoms with Crippen molar-refractivity contribution in [3.63, 3.8) is 0 Å². The van der Waals surface area contributed by atoms with Crippen molar-refractivity contribution in [1.29, 1.82) is 0 Å². The minimum absolute atomic E-state index is 0. The molecule has 0 aliphatic rings. The average molecular weight is 373 g/mol. The van der Waals surface area contributed by atoms with E-state index in [1.807, 2.05) is 60.7 Å². The van der Waals surface area contributed by atoms with E-state index in [1.165, 1.54) is 0 Å². The maximum absolute atomic E-state index is 7.00. The summed E-state index contributed by atoms with van der Waals surface area (Å²) in [7, 11) is 2.00. The van der Waals surface area contributed by atoms with Gasteiger partial charge in [-0.25, -0.2) is 24.3 Å². The summed E-state index contributed by atoms with van der Waals surface area (Å²) in [6, 6.07) is 20.0. The summed E-state index contributed by atoms with van der Waals surface area (Å²) in [5, 5.41) is 14.0. The predicted octanol–water partition coefficient (Wildman–Crippen LogP) is 2.03. The SMILES string of the molecule is CO.CO.[Hf].c1cc[cH-]c1.c1cc[cH-]c1. The molecule has 3 heteroatoms. The van der Waals surface area contributed by atoms with Crippen LogP contribution in [0.2, 0.25) is 0 Å². The summed E-state index contributed by atoms with van der Waals surface area (Å²) < 4.78 is 0. The molecule has 2 aromatic carbocycles. The zero-order valence-corrected chi connectivity index (χ0v) is 12.8. The van der Waals surface area contributed by atoms with Crippen molar-refractivity contribution in [2.24, 2.45) is 0 Å². The molecule has 0 atom stereocenters. The van der Waals surface area contributed by atoms with Crippen LogP contribution in [0.5, 0.6) is 0 Å². The Morgan fingerprint density at radius 3 is 0.867 bits per heavy atom. The van der Waals surface area contributed by atoms with Gasteiger partial charge in [0.05, 0.1) is 0 Å². The molecule has 0 saturated heterocycles. The topological polar surface area (TPSA) is 40.5 Å². The molecule has 0 aromatic heterocycles. The third kappa shape index (κ3) is 19.8. The zero-order chi connectivity index (χ0) is 11.1. The largest absolute Gasteiger partial charge is 0.400 e. The van der Waals surface area contributed by atoms with E-state index < -0.39 is 0 Å². The van der Waals surface area contributed by atoms with Gasteiger partial charge in [-0.3, -0.25) is 0 Å². The quantitative estimate of drug-likeness (QED) is 0.549. The summed E-state index contributed by atoms with van der Waals surface area (Å²) >= 11 is 0. The summed E-state index contributed by atoms with van der Waals surface area (Å²) in [4.78, 5) is 0. The molecule has 84 valence electrons. The van der Waals surface area contributed by atoms with Gasteiger partial charge in [-0.2, -0.15) is 36.4 Å². The predicted molar refractivity (Wildman–Crippen MR) is 60.4 cm³/mol. The molecular weight excluding hydrogens is 355 g/mol.